The van der Waals surface area contributed by atoms with E-state index in [1.807, 2.05) is 0 Å². The fourth-order valence-corrected chi connectivity index (χ4v) is 3.81. The second-order valence-corrected chi connectivity index (χ2v) is 8.46. The minimum Gasteiger partial charge on any atom is -0.493 e. The zero-order chi connectivity index (χ0) is 18.5. The molecule has 0 spiro atoms. The van der Waals surface area contributed by atoms with E-state index in [1.54, 1.807) is 12.1 Å². The van der Waals surface area contributed by atoms with Gasteiger partial charge in [-0.2, -0.15) is 0 Å². The first-order valence-corrected chi connectivity index (χ1v) is 9.87. The van der Waals surface area contributed by atoms with Gasteiger partial charge in [0.1, 0.15) is 5.75 Å². The summed E-state index contributed by atoms with van der Waals surface area (Å²) in [6.45, 7) is 1.04. The van der Waals surface area contributed by atoms with Gasteiger partial charge in [0.2, 0.25) is 10.0 Å². The van der Waals surface area contributed by atoms with Gasteiger partial charge in [-0.25, -0.2) is 17.9 Å². The molecule has 1 unspecified atom stereocenters. The number of carbonyl (C=O) groups is 1. The van der Waals surface area contributed by atoms with Crippen LogP contribution in [0.3, 0.4) is 0 Å². The van der Waals surface area contributed by atoms with E-state index in [4.69, 9.17) is 9.84 Å². The summed E-state index contributed by atoms with van der Waals surface area (Å²) in [5.74, 6) is -0.346. The maximum atomic E-state index is 12.2. The largest absolute Gasteiger partial charge is 0.493 e. The SMILES string of the molecule is CC(O)(CNS(=O)(=O)c1ccc(OCC2CCCCC2)cc1)C(=O)O. The van der Waals surface area contributed by atoms with Crippen LogP contribution in [0.15, 0.2) is 29.2 Å². The Morgan fingerprint density at radius 1 is 1.24 bits per heavy atom. The first-order chi connectivity index (χ1) is 11.7. The number of carboxylic acids is 1. The maximum absolute atomic E-state index is 12.2. The van der Waals surface area contributed by atoms with E-state index < -0.39 is 28.1 Å². The summed E-state index contributed by atoms with van der Waals surface area (Å²) in [5, 5.41) is 18.4. The van der Waals surface area contributed by atoms with Crippen molar-refractivity contribution in [1.29, 1.82) is 0 Å². The van der Waals surface area contributed by atoms with Crippen LogP contribution in [0.5, 0.6) is 5.75 Å². The lowest BCUT2D eigenvalue weighted by Crippen LogP contribution is -2.46. The van der Waals surface area contributed by atoms with Gasteiger partial charge in [-0.05, 0) is 49.9 Å². The molecular formula is C17H25NO6S. The van der Waals surface area contributed by atoms with Gasteiger partial charge < -0.3 is 14.9 Å². The number of carboxylic acid groups (broad SMARTS) is 1. The van der Waals surface area contributed by atoms with E-state index >= 15 is 0 Å². The number of nitrogens with one attached hydrogen (secondary N) is 1. The molecule has 0 aliphatic heterocycles. The molecule has 0 saturated heterocycles. The lowest BCUT2D eigenvalue weighted by Gasteiger charge is -2.21. The first kappa shape index (κ1) is 19.7. The first-order valence-electron chi connectivity index (χ1n) is 8.39. The highest BCUT2D eigenvalue weighted by Crippen LogP contribution is 2.25. The number of ether oxygens (including phenoxy) is 1. The Morgan fingerprint density at radius 2 is 1.84 bits per heavy atom. The molecular weight excluding hydrogens is 346 g/mol. The van der Waals surface area contributed by atoms with Crippen LogP contribution in [0, 0.1) is 5.92 Å². The molecule has 0 radical (unpaired) electrons. The van der Waals surface area contributed by atoms with Crippen LogP contribution in [-0.4, -0.2) is 43.4 Å². The third-order valence-electron chi connectivity index (χ3n) is 4.41. The van der Waals surface area contributed by atoms with Gasteiger partial charge in [0.15, 0.2) is 5.60 Å². The third kappa shape index (κ3) is 5.69. The zero-order valence-corrected chi connectivity index (χ0v) is 15.1. The van der Waals surface area contributed by atoms with Crippen molar-refractivity contribution in [2.75, 3.05) is 13.2 Å². The summed E-state index contributed by atoms with van der Waals surface area (Å²) in [6.07, 6.45) is 6.08. The molecule has 3 N–H and O–H groups in total. The summed E-state index contributed by atoms with van der Waals surface area (Å²) in [6, 6.07) is 5.95. The fraction of sp³-hybridized carbons (Fsp3) is 0.588. The van der Waals surface area contributed by atoms with Crippen molar-refractivity contribution in [3.8, 4) is 5.75 Å². The van der Waals surface area contributed by atoms with E-state index in [0.717, 1.165) is 6.92 Å². The Morgan fingerprint density at radius 3 is 2.40 bits per heavy atom. The highest BCUT2D eigenvalue weighted by molar-refractivity contribution is 7.89. The molecule has 0 bridgehead atoms. The molecule has 1 fully saturated rings. The molecule has 0 aromatic heterocycles. The Hall–Kier alpha value is -1.64. The molecule has 25 heavy (non-hydrogen) atoms. The van der Waals surface area contributed by atoms with Gasteiger partial charge in [-0.1, -0.05) is 19.3 Å². The van der Waals surface area contributed by atoms with Gasteiger partial charge in [0.05, 0.1) is 18.0 Å². The standard InChI is InChI=1S/C17H25NO6S/c1-17(21,16(19)20)12-18-25(22,23)15-9-7-14(8-10-15)24-11-13-5-3-2-4-6-13/h7-10,13,18,21H,2-6,11-12H2,1H3,(H,19,20). The van der Waals surface area contributed by atoms with Gasteiger partial charge >= 0.3 is 5.97 Å². The number of hydrogen-bond acceptors (Lipinski definition) is 5. The van der Waals surface area contributed by atoms with Crippen LogP contribution in [0.25, 0.3) is 0 Å². The van der Waals surface area contributed by atoms with Crippen LogP contribution in [-0.2, 0) is 14.8 Å². The summed E-state index contributed by atoms with van der Waals surface area (Å²) in [5.41, 5.74) is -2.17. The molecule has 7 nitrogen and oxygen atoms in total. The Labute approximate surface area is 148 Å². The Balaban J connectivity index is 1.92. The van der Waals surface area contributed by atoms with Crippen LogP contribution in [0.4, 0.5) is 0 Å². The molecule has 1 aliphatic rings. The van der Waals surface area contributed by atoms with Crippen molar-refractivity contribution < 1.29 is 28.2 Å². The molecule has 0 heterocycles. The summed E-state index contributed by atoms with van der Waals surface area (Å²) in [4.78, 5) is 10.8. The molecule has 1 aliphatic carbocycles. The summed E-state index contributed by atoms with van der Waals surface area (Å²) in [7, 11) is -3.91. The van der Waals surface area contributed by atoms with Gasteiger partial charge in [-0.3, -0.25) is 0 Å². The van der Waals surface area contributed by atoms with Crippen molar-refractivity contribution in [1.82, 2.24) is 4.72 Å². The molecule has 1 aromatic carbocycles. The predicted octanol–water partition coefficient (Wildman–Crippen LogP) is 1.76. The van der Waals surface area contributed by atoms with Crippen LogP contribution >= 0.6 is 0 Å². The second-order valence-electron chi connectivity index (χ2n) is 6.69. The number of aliphatic hydroxyl groups is 1. The van der Waals surface area contributed by atoms with E-state index in [1.165, 1.54) is 44.2 Å². The second kappa shape index (κ2) is 8.16. The number of sulfonamides is 1. The normalized spacial score (nSPS) is 18.5. The maximum Gasteiger partial charge on any atom is 0.336 e. The number of aliphatic carboxylic acids is 1. The molecule has 1 aromatic rings. The van der Waals surface area contributed by atoms with Crippen LogP contribution < -0.4 is 9.46 Å². The molecule has 0 amide bonds. The van der Waals surface area contributed by atoms with Crippen molar-refractivity contribution >= 4 is 16.0 Å². The average molecular weight is 371 g/mol. The van der Waals surface area contributed by atoms with Crippen LogP contribution in [0.2, 0.25) is 0 Å². The number of hydrogen-bond donors (Lipinski definition) is 3. The molecule has 1 atom stereocenters. The molecule has 140 valence electrons. The van der Waals surface area contributed by atoms with E-state index in [9.17, 15) is 18.3 Å². The minimum atomic E-state index is -3.91. The zero-order valence-electron chi connectivity index (χ0n) is 14.3. The van der Waals surface area contributed by atoms with Crippen molar-refractivity contribution in [3.05, 3.63) is 24.3 Å². The summed E-state index contributed by atoms with van der Waals surface area (Å²) < 4.78 is 32.2. The number of rotatable bonds is 8. The number of benzene rings is 1. The summed E-state index contributed by atoms with van der Waals surface area (Å²) >= 11 is 0. The Kier molecular flexibility index (Phi) is 6.42. The van der Waals surface area contributed by atoms with E-state index in [2.05, 4.69) is 4.72 Å². The fourth-order valence-electron chi connectivity index (χ4n) is 2.68. The van der Waals surface area contributed by atoms with Gasteiger partial charge in [0.25, 0.3) is 0 Å². The molecule has 8 heteroatoms. The highest BCUT2D eigenvalue weighted by Gasteiger charge is 2.31. The topological polar surface area (TPSA) is 113 Å². The highest BCUT2D eigenvalue weighted by atomic mass is 32.2. The van der Waals surface area contributed by atoms with Gasteiger partial charge in [0, 0.05) is 0 Å². The van der Waals surface area contributed by atoms with Crippen LogP contribution in [0.1, 0.15) is 39.0 Å². The third-order valence-corrected chi connectivity index (χ3v) is 5.83. The lowest BCUT2D eigenvalue weighted by atomic mass is 9.90. The quantitative estimate of drug-likeness (QED) is 0.642. The molecule has 2 rings (SSSR count). The average Bonchev–Trinajstić information content (AvgIpc) is 2.59. The van der Waals surface area contributed by atoms with Gasteiger partial charge in [-0.15, -0.1) is 0 Å². The van der Waals surface area contributed by atoms with E-state index in [-0.39, 0.29) is 4.90 Å². The van der Waals surface area contributed by atoms with Crippen molar-refractivity contribution in [2.45, 2.75) is 49.5 Å². The monoisotopic (exact) mass is 371 g/mol. The smallest absolute Gasteiger partial charge is 0.336 e. The molecule has 1 saturated carbocycles. The van der Waals surface area contributed by atoms with Crippen molar-refractivity contribution in [3.63, 3.8) is 0 Å². The minimum absolute atomic E-state index is 0.0151. The van der Waals surface area contributed by atoms with E-state index in [0.29, 0.717) is 18.3 Å². The van der Waals surface area contributed by atoms with Crippen molar-refractivity contribution in [2.24, 2.45) is 5.92 Å². The lowest BCUT2D eigenvalue weighted by molar-refractivity contribution is -0.155. The Bertz CT molecular complexity index is 678. The predicted molar refractivity (Wildman–Crippen MR) is 92.0 cm³/mol.